The van der Waals surface area contributed by atoms with Crippen LogP contribution in [0, 0.1) is 11.8 Å². The molecule has 9 rings (SSSR count). The Morgan fingerprint density at radius 3 is 2.20 bits per heavy atom. The molecule has 1 N–H and O–H groups in total. The fourth-order valence-corrected chi connectivity index (χ4v) is 7.96. The largest absolute Gasteiger partial charge is 0.278 e. The van der Waals surface area contributed by atoms with E-state index < -0.39 is 17.3 Å². The van der Waals surface area contributed by atoms with Gasteiger partial charge in [-0.05, 0) is 39.9 Å². The molecule has 40 heavy (non-hydrogen) atoms. The van der Waals surface area contributed by atoms with E-state index in [0.29, 0.717) is 5.13 Å². The minimum absolute atomic E-state index is 0.107. The number of carbonyl (C=O) groups is 2. The highest BCUT2D eigenvalue weighted by molar-refractivity contribution is 7.22. The van der Waals surface area contributed by atoms with Gasteiger partial charge < -0.3 is 0 Å². The van der Waals surface area contributed by atoms with E-state index in [4.69, 9.17) is 5.10 Å². The van der Waals surface area contributed by atoms with Gasteiger partial charge in [0.15, 0.2) is 0 Å². The molecule has 2 atom stereocenters. The van der Waals surface area contributed by atoms with Crippen LogP contribution in [-0.4, -0.2) is 27.9 Å². The van der Waals surface area contributed by atoms with Crippen LogP contribution in [0.2, 0.25) is 0 Å². The van der Waals surface area contributed by atoms with Gasteiger partial charge in [-0.3, -0.25) is 19.9 Å². The van der Waals surface area contributed by atoms with Gasteiger partial charge in [0.1, 0.15) is 0 Å². The highest BCUT2D eigenvalue weighted by Gasteiger charge is 2.67. The number of hydrogen-bond acceptors (Lipinski definition) is 6. The summed E-state index contributed by atoms with van der Waals surface area (Å²) in [5.74, 6) is -1.50. The smallest absolute Gasteiger partial charge is 0.235 e. The van der Waals surface area contributed by atoms with Crippen LogP contribution in [0.25, 0.3) is 10.2 Å². The lowest BCUT2D eigenvalue weighted by atomic mass is 9.47. The molecule has 6 nitrogen and oxygen atoms in total. The molecule has 194 valence electrons. The molecule has 0 saturated carbocycles. The standard InChI is InChI=1S/C33H24N4O2S/c38-30-28-27-21-12-4-6-14-23(21)33(24-15-7-5-13-22(24)27,19-34-36-32-35-25-16-8-9-17-26(25)40-32)29(28)31(39)37(30)18-20-10-2-1-3-11-20/h1-17,19,27-29H,18H2,(H,35,36)/b34-19-/t27?,28-,29+,33?/m0/s1. The molecule has 2 bridgehead atoms. The van der Waals surface area contributed by atoms with Gasteiger partial charge in [-0.2, -0.15) is 5.10 Å². The van der Waals surface area contributed by atoms with Crippen LogP contribution in [0.1, 0.15) is 33.7 Å². The fourth-order valence-electron chi connectivity index (χ4n) is 7.14. The summed E-state index contributed by atoms with van der Waals surface area (Å²) >= 11 is 1.53. The summed E-state index contributed by atoms with van der Waals surface area (Å²) in [6.45, 7) is 0.266. The van der Waals surface area contributed by atoms with Crippen molar-refractivity contribution in [3.05, 3.63) is 131 Å². The van der Waals surface area contributed by atoms with Gasteiger partial charge >= 0.3 is 0 Å². The normalized spacial score (nSPS) is 24.4. The highest BCUT2D eigenvalue weighted by atomic mass is 32.1. The minimum atomic E-state index is -0.894. The number of likely N-dealkylation sites (tertiary alicyclic amines) is 1. The van der Waals surface area contributed by atoms with Crippen LogP contribution in [0.4, 0.5) is 5.13 Å². The summed E-state index contributed by atoms with van der Waals surface area (Å²) in [5, 5.41) is 5.42. The van der Waals surface area contributed by atoms with Crippen molar-refractivity contribution in [2.24, 2.45) is 16.9 Å². The quantitative estimate of drug-likeness (QED) is 0.170. The number of benzene rings is 4. The van der Waals surface area contributed by atoms with Crippen LogP contribution < -0.4 is 5.43 Å². The van der Waals surface area contributed by atoms with Crippen LogP contribution in [0.15, 0.2) is 108 Å². The molecule has 0 unspecified atom stereocenters. The maximum absolute atomic E-state index is 14.3. The number of fused-ring (bicyclic) bond motifs is 1. The number of hydrogen-bond donors (Lipinski definition) is 1. The van der Waals surface area contributed by atoms with Crippen molar-refractivity contribution in [2.45, 2.75) is 17.9 Å². The van der Waals surface area contributed by atoms with Crippen molar-refractivity contribution < 1.29 is 9.59 Å². The van der Waals surface area contributed by atoms with E-state index in [1.165, 1.54) is 16.2 Å². The molecule has 2 heterocycles. The van der Waals surface area contributed by atoms with Crippen LogP contribution in [0.5, 0.6) is 0 Å². The monoisotopic (exact) mass is 540 g/mol. The number of para-hydroxylation sites is 1. The third-order valence-electron chi connectivity index (χ3n) is 8.68. The lowest BCUT2D eigenvalue weighted by Gasteiger charge is -2.52. The molecule has 4 aliphatic rings. The predicted octanol–water partition coefficient (Wildman–Crippen LogP) is 5.94. The topological polar surface area (TPSA) is 74.7 Å². The number of nitrogens with zero attached hydrogens (tertiary/aromatic N) is 3. The first-order chi connectivity index (χ1) is 19.7. The van der Waals surface area contributed by atoms with Crippen molar-refractivity contribution >= 4 is 44.7 Å². The van der Waals surface area contributed by atoms with Gasteiger partial charge in [0.25, 0.3) is 0 Å². The van der Waals surface area contributed by atoms with Crippen LogP contribution >= 0.6 is 11.3 Å². The molecule has 7 heteroatoms. The van der Waals surface area contributed by atoms with Gasteiger partial charge in [0, 0.05) is 12.1 Å². The SMILES string of the molecule is O=C1[C@H]2C3c4ccccc4C(/C=N\Nc4nc5ccccc5s4)(c4ccccc43)[C@H]2C(=O)N1Cc1ccccc1. The first-order valence-electron chi connectivity index (χ1n) is 13.4. The molecule has 3 aliphatic carbocycles. The zero-order valence-corrected chi connectivity index (χ0v) is 22.2. The summed E-state index contributed by atoms with van der Waals surface area (Å²) in [6, 6.07) is 34.1. The first kappa shape index (κ1) is 23.3. The lowest BCUT2D eigenvalue weighted by molar-refractivity contribution is -0.140. The average Bonchev–Trinajstić information content (AvgIpc) is 3.52. The number of nitrogens with one attached hydrogen (secondary N) is 1. The Morgan fingerprint density at radius 2 is 1.48 bits per heavy atom. The van der Waals surface area contributed by atoms with Gasteiger partial charge in [-0.25, -0.2) is 4.98 Å². The number of carbonyl (C=O) groups excluding carboxylic acids is 2. The Bertz CT molecular complexity index is 1770. The number of thiazole rings is 1. The third kappa shape index (κ3) is 3.15. The second kappa shape index (κ2) is 8.69. The molecule has 0 radical (unpaired) electrons. The summed E-state index contributed by atoms with van der Waals surface area (Å²) in [5.41, 5.74) is 8.36. The lowest BCUT2D eigenvalue weighted by Crippen LogP contribution is -2.54. The van der Waals surface area contributed by atoms with E-state index in [-0.39, 0.29) is 24.3 Å². The van der Waals surface area contributed by atoms with Gasteiger partial charge in [0.05, 0.1) is 34.0 Å². The number of hydrazone groups is 1. The van der Waals surface area contributed by atoms with Crippen molar-refractivity contribution in [3.63, 3.8) is 0 Å². The van der Waals surface area contributed by atoms with Crippen LogP contribution in [0.3, 0.4) is 0 Å². The summed E-state index contributed by atoms with van der Waals surface area (Å²) in [6.07, 6.45) is 1.86. The van der Waals surface area contributed by atoms with Gasteiger partial charge in [0.2, 0.25) is 16.9 Å². The molecular formula is C33H24N4O2S. The van der Waals surface area contributed by atoms with Crippen molar-refractivity contribution in [3.8, 4) is 0 Å². The number of anilines is 1. The molecule has 1 saturated heterocycles. The van der Waals surface area contributed by atoms with Crippen molar-refractivity contribution in [1.82, 2.24) is 9.88 Å². The second-order valence-corrected chi connectivity index (χ2v) is 11.7. The maximum Gasteiger partial charge on any atom is 0.235 e. The second-order valence-electron chi connectivity index (χ2n) is 10.6. The molecule has 5 aromatic rings. The van der Waals surface area contributed by atoms with E-state index in [0.717, 1.165) is 38.0 Å². The van der Waals surface area contributed by atoms with Crippen molar-refractivity contribution in [1.29, 1.82) is 0 Å². The van der Waals surface area contributed by atoms with Crippen molar-refractivity contribution in [2.75, 3.05) is 5.43 Å². The molecule has 1 aliphatic heterocycles. The Morgan fingerprint density at radius 1 is 0.825 bits per heavy atom. The Kier molecular flexibility index (Phi) is 5.06. The third-order valence-corrected chi connectivity index (χ3v) is 9.62. The van der Waals surface area contributed by atoms with E-state index in [1.807, 2.05) is 85.1 Å². The zero-order valence-electron chi connectivity index (χ0n) is 21.4. The van der Waals surface area contributed by atoms with Crippen LogP contribution in [-0.2, 0) is 21.5 Å². The molecule has 1 fully saturated rings. The first-order valence-corrected chi connectivity index (χ1v) is 14.2. The summed E-state index contributed by atoms with van der Waals surface area (Å²) in [7, 11) is 0. The summed E-state index contributed by atoms with van der Waals surface area (Å²) in [4.78, 5) is 34.6. The van der Waals surface area contributed by atoms with Gasteiger partial charge in [-0.15, -0.1) is 0 Å². The van der Waals surface area contributed by atoms with Gasteiger partial charge in [-0.1, -0.05) is 102 Å². The highest BCUT2D eigenvalue weighted by Crippen LogP contribution is 2.63. The van der Waals surface area contributed by atoms with E-state index in [9.17, 15) is 9.59 Å². The number of aromatic nitrogens is 1. The van der Waals surface area contributed by atoms with E-state index >= 15 is 0 Å². The Hall–Kier alpha value is -4.62. The molecule has 4 aromatic carbocycles. The summed E-state index contributed by atoms with van der Waals surface area (Å²) < 4.78 is 1.07. The number of rotatable bonds is 5. The minimum Gasteiger partial charge on any atom is -0.278 e. The van der Waals surface area contributed by atoms with E-state index in [1.54, 1.807) is 0 Å². The molecule has 0 spiro atoms. The Balaban J connectivity index is 1.28. The van der Waals surface area contributed by atoms with E-state index in [2.05, 4.69) is 34.7 Å². The Labute approximate surface area is 235 Å². The predicted molar refractivity (Wildman–Crippen MR) is 156 cm³/mol. The number of imide groups is 1. The zero-order chi connectivity index (χ0) is 26.8. The number of amides is 2. The molecule has 2 amide bonds. The fraction of sp³-hybridized carbons (Fsp3) is 0.152. The maximum atomic E-state index is 14.3. The average molecular weight is 541 g/mol. The molecular weight excluding hydrogens is 516 g/mol. The molecule has 1 aromatic heterocycles.